The predicted octanol–water partition coefficient (Wildman–Crippen LogP) is -0.561. The van der Waals surface area contributed by atoms with Crippen molar-refractivity contribution in [1.29, 1.82) is 0 Å². The molecule has 4 fully saturated rings. The highest BCUT2D eigenvalue weighted by Crippen LogP contribution is 2.42. The maximum atomic E-state index is 9.02. The zero-order valence-corrected chi connectivity index (χ0v) is 16.5. The van der Waals surface area contributed by atoms with Crippen LogP contribution in [0.5, 0.6) is 0 Å². The van der Waals surface area contributed by atoms with Crippen molar-refractivity contribution in [2.24, 2.45) is 0 Å². The summed E-state index contributed by atoms with van der Waals surface area (Å²) in [5, 5.41) is 9.02. The minimum absolute atomic E-state index is 0.0932. The number of hydrogen-bond donors (Lipinski definition) is 1. The normalized spacial score (nSPS) is 53.7. The second-order valence-electron chi connectivity index (χ2n) is 7.68. The van der Waals surface area contributed by atoms with E-state index in [1.54, 1.807) is 7.11 Å². The van der Waals surface area contributed by atoms with Crippen molar-refractivity contribution in [2.45, 2.75) is 87.9 Å². The molecule has 0 aliphatic carbocycles. The van der Waals surface area contributed by atoms with E-state index in [0.29, 0.717) is 6.61 Å². The number of aliphatic hydroxyl groups excluding tert-OH is 1. The number of hydrogen-bond acceptors (Lipinski definition) is 8. The van der Waals surface area contributed by atoms with Crippen molar-refractivity contribution < 1.29 is 38.3 Å². The molecule has 0 spiro atoms. The van der Waals surface area contributed by atoms with Crippen LogP contribution in [-0.4, -0.2) is 101 Å². The molecule has 0 aromatic heterocycles. The lowest BCUT2D eigenvalue weighted by Crippen LogP contribution is -2.43. The third kappa shape index (κ3) is 3.71. The lowest BCUT2D eigenvalue weighted by atomic mass is 9.82. The molecule has 2 unspecified atom stereocenters. The van der Waals surface area contributed by atoms with E-state index < -0.39 is 23.2 Å². The molecule has 150 valence electrons. The van der Waals surface area contributed by atoms with Crippen LogP contribution >= 0.6 is 0 Å². The Morgan fingerprint density at radius 2 is 1.30 bits per heavy atom. The van der Waals surface area contributed by atoms with Gasteiger partial charge in [-0.15, -0.1) is 0 Å². The number of methoxy groups -OCH3 is 1. The van der Waals surface area contributed by atoms with E-state index in [9.17, 15) is 0 Å². The van der Waals surface area contributed by atoms with Crippen molar-refractivity contribution in [3.05, 3.63) is 0 Å². The lowest BCUT2D eigenvalue weighted by Gasteiger charge is -2.24. The fraction of sp³-hybridized carbons (Fsp3) is 1.00. The molecule has 4 aliphatic rings. The lowest BCUT2D eigenvalue weighted by molar-refractivity contribution is -0.129. The van der Waals surface area contributed by atoms with Gasteiger partial charge in [0.2, 0.25) is 0 Å². The summed E-state index contributed by atoms with van der Waals surface area (Å²) in [6.07, 6.45) is -1.40. The van der Waals surface area contributed by atoms with Crippen LogP contribution in [0.1, 0.15) is 27.7 Å². The van der Waals surface area contributed by atoms with Gasteiger partial charge in [-0.25, -0.2) is 0 Å². The van der Waals surface area contributed by atoms with Gasteiger partial charge in [0.05, 0.1) is 13.2 Å². The minimum atomic E-state index is -0.618. The molecule has 0 aromatic carbocycles. The van der Waals surface area contributed by atoms with Gasteiger partial charge in [0.25, 0.3) is 0 Å². The summed E-state index contributed by atoms with van der Waals surface area (Å²) >= 11 is 0. The van der Waals surface area contributed by atoms with Crippen molar-refractivity contribution in [3.63, 3.8) is 0 Å². The largest absolute Gasteiger partial charge is 0.394 e. The highest BCUT2D eigenvalue weighted by Gasteiger charge is 2.59. The first-order chi connectivity index (χ1) is 12.7. The van der Waals surface area contributed by atoms with Gasteiger partial charge in [0.1, 0.15) is 51.3 Å². The molecule has 1 N–H and O–H groups in total. The molecular weight excluding hydrogens is 354 g/mol. The van der Waals surface area contributed by atoms with Crippen LogP contribution < -0.4 is 0 Å². The topological polar surface area (TPSA) is 84.8 Å². The van der Waals surface area contributed by atoms with Crippen LogP contribution in [0.15, 0.2) is 0 Å². The Hall–Kier alpha value is -0.190. The second-order valence-corrected chi connectivity index (χ2v) is 7.68. The van der Waals surface area contributed by atoms with Crippen LogP contribution in [0.3, 0.4) is 0 Å². The number of rotatable bonds is 3. The molecule has 0 saturated carbocycles. The SMILES string of the molecule is [B][C@@H]1O[C@H](CO)[C@H]2OC(C)O[C@@]12C.[B][C@@H]1O[C@H](COC)[C@H]2OC(C)O[C@@]12C. The summed E-state index contributed by atoms with van der Waals surface area (Å²) in [4.78, 5) is 0. The van der Waals surface area contributed by atoms with E-state index in [0.717, 1.165) is 0 Å². The molecular formula is C17H28B2O8. The molecule has 4 radical (unpaired) electrons. The third-order valence-electron chi connectivity index (χ3n) is 5.61. The van der Waals surface area contributed by atoms with Crippen LogP contribution in [0.25, 0.3) is 0 Å². The fourth-order valence-corrected chi connectivity index (χ4v) is 4.18. The van der Waals surface area contributed by atoms with Crippen molar-refractivity contribution in [2.75, 3.05) is 20.3 Å². The van der Waals surface area contributed by atoms with E-state index in [2.05, 4.69) is 0 Å². The van der Waals surface area contributed by atoms with Crippen LogP contribution in [-0.2, 0) is 33.2 Å². The summed E-state index contributed by atoms with van der Waals surface area (Å²) in [5.41, 5.74) is -1.16. The quantitative estimate of drug-likeness (QED) is 0.651. The monoisotopic (exact) mass is 382 g/mol. The molecule has 8 nitrogen and oxygen atoms in total. The summed E-state index contributed by atoms with van der Waals surface area (Å²) in [5.74, 6) is 0. The van der Waals surface area contributed by atoms with Gasteiger partial charge in [-0.2, -0.15) is 0 Å². The Labute approximate surface area is 162 Å². The molecule has 4 heterocycles. The molecule has 0 bridgehead atoms. The smallest absolute Gasteiger partial charge is 0.156 e. The third-order valence-corrected chi connectivity index (χ3v) is 5.61. The number of aliphatic hydroxyl groups is 1. The first-order valence-corrected chi connectivity index (χ1v) is 9.24. The molecule has 0 aromatic rings. The average molecular weight is 382 g/mol. The highest BCUT2D eigenvalue weighted by atomic mass is 16.8. The predicted molar refractivity (Wildman–Crippen MR) is 95.4 cm³/mol. The maximum Gasteiger partial charge on any atom is 0.156 e. The molecule has 10 atom stereocenters. The molecule has 4 rings (SSSR count). The number of ether oxygens (including phenoxy) is 7. The first-order valence-electron chi connectivity index (χ1n) is 9.24. The Balaban J connectivity index is 0.000000156. The maximum absolute atomic E-state index is 9.02. The van der Waals surface area contributed by atoms with Gasteiger partial charge in [0.15, 0.2) is 12.6 Å². The van der Waals surface area contributed by atoms with Gasteiger partial charge in [-0.05, 0) is 27.7 Å². The van der Waals surface area contributed by atoms with Crippen LogP contribution in [0.2, 0.25) is 0 Å². The highest BCUT2D eigenvalue weighted by molar-refractivity contribution is 6.12. The summed E-state index contributed by atoms with van der Waals surface area (Å²) in [6.45, 7) is 7.82. The van der Waals surface area contributed by atoms with Crippen LogP contribution in [0, 0.1) is 0 Å². The molecule has 4 saturated heterocycles. The van der Waals surface area contributed by atoms with Crippen LogP contribution in [0.4, 0.5) is 0 Å². The van der Waals surface area contributed by atoms with Crippen molar-refractivity contribution >= 4 is 15.7 Å². The fourth-order valence-electron chi connectivity index (χ4n) is 4.18. The van der Waals surface area contributed by atoms with E-state index >= 15 is 0 Å². The van der Waals surface area contributed by atoms with E-state index in [4.69, 9.17) is 54.0 Å². The molecule has 0 amide bonds. The van der Waals surface area contributed by atoms with E-state index in [1.807, 2.05) is 27.7 Å². The molecule has 10 heteroatoms. The van der Waals surface area contributed by atoms with Crippen molar-refractivity contribution in [3.8, 4) is 0 Å². The average Bonchev–Trinajstić information content (AvgIpc) is 3.21. The standard InChI is InChI=1S/C9H15BO4.C8H13BO4/c1-5-12-7-6(4-11-3)13-8(10)9(7,2)14-5;1-4-11-6-5(3-10)12-7(9)8(6,2)13-4/h5-8H,4H2,1-3H3;4-7,10H,3H2,1-2H3/t5?,6-,7-,8-,9-;4?,5-,6-,7-,8-/m11/s1. The molecule has 27 heavy (non-hydrogen) atoms. The summed E-state index contributed by atoms with van der Waals surface area (Å²) in [6, 6.07) is -0.975. The van der Waals surface area contributed by atoms with Crippen molar-refractivity contribution in [1.82, 2.24) is 0 Å². The first kappa shape index (κ1) is 21.5. The Morgan fingerprint density at radius 3 is 1.74 bits per heavy atom. The Morgan fingerprint density at radius 1 is 0.852 bits per heavy atom. The van der Waals surface area contributed by atoms with E-state index in [-0.39, 0.29) is 43.6 Å². The van der Waals surface area contributed by atoms with Gasteiger partial charge in [-0.3, -0.25) is 0 Å². The molecule has 4 aliphatic heterocycles. The van der Waals surface area contributed by atoms with Gasteiger partial charge < -0.3 is 38.3 Å². The summed E-state index contributed by atoms with van der Waals surface area (Å²) in [7, 11) is 13.2. The Bertz CT molecular complexity index is 527. The zero-order valence-electron chi connectivity index (χ0n) is 16.5. The minimum Gasteiger partial charge on any atom is -0.394 e. The zero-order chi connectivity index (χ0) is 20.0. The summed E-state index contributed by atoms with van der Waals surface area (Å²) < 4.78 is 38.1. The second kappa shape index (κ2) is 7.91. The van der Waals surface area contributed by atoms with E-state index in [1.165, 1.54) is 0 Å². The van der Waals surface area contributed by atoms with Gasteiger partial charge >= 0.3 is 0 Å². The number of fused-ring (bicyclic) bond motifs is 2. The Kier molecular flexibility index (Phi) is 6.31. The van der Waals surface area contributed by atoms with Gasteiger partial charge in [0, 0.05) is 19.1 Å². The van der Waals surface area contributed by atoms with Gasteiger partial charge in [-0.1, -0.05) is 0 Å².